The zero-order chi connectivity index (χ0) is 23.1. The molecule has 0 heterocycles. The van der Waals surface area contributed by atoms with Crippen LogP contribution in [-0.2, 0) is 9.59 Å². The van der Waals surface area contributed by atoms with Gasteiger partial charge >= 0.3 is 17.8 Å². The Balaban J connectivity index is 1.65. The first-order valence-electron chi connectivity index (χ1n) is 9.61. The van der Waals surface area contributed by atoms with E-state index in [9.17, 15) is 14.4 Å². The van der Waals surface area contributed by atoms with Crippen LogP contribution in [0.4, 0.5) is 5.69 Å². The minimum atomic E-state index is -0.935. The van der Waals surface area contributed by atoms with Crippen LogP contribution in [0.5, 0.6) is 5.75 Å². The molecule has 32 heavy (non-hydrogen) atoms. The topological polar surface area (TPSA) is 96.9 Å². The lowest BCUT2D eigenvalue weighted by Crippen LogP contribution is -2.32. The number of hydrazone groups is 1. The number of hydrogen-bond donors (Lipinski definition) is 2. The van der Waals surface area contributed by atoms with Crippen LogP contribution >= 0.6 is 15.9 Å². The van der Waals surface area contributed by atoms with Crippen LogP contribution in [-0.4, -0.2) is 24.0 Å². The van der Waals surface area contributed by atoms with E-state index in [1.807, 2.05) is 38.1 Å². The molecule has 0 aliphatic rings. The number of hydrogen-bond acceptors (Lipinski definition) is 5. The summed E-state index contributed by atoms with van der Waals surface area (Å²) in [5.74, 6) is -2.06. The number of benzene rings is 3. The summed E-state index contributed by atoms with van der Waals surface area (Å²) in [6, 6.07) is 19.0. The zero-order valence-corrected chi connectivity index (χ0v) is 19.0. The van der Waals surface area contributed by atoms with Gasteiger partial charge in [0.25, 0.3) is 0 Å². The van der Waals surface area contributed by atoms with E-state index in [2.05, 4.69) is 31.8 Å². The van der Waals surface area contributed by atoms with Gasteiger partial charge in [-0.1, -0.05) is 51.3 Å². The average Bonchev–Trinajstić information content (AvgIpc) is 2.77. The summed E-state index contributed by atoms with van der Waals surface area (Å²) in [6.45, 7) is 3.84. The van der Waals surface area contributed by atoms with Crippen molar-refractivity contribution in [2.75, 3.05) is 5.32 Å². The molecule has 8 heteroatoms. The van der Waals surface area contributed by atoms with Crippen LogP contribution in [0.3, 0.4) is 0 Å². The first-order chi connectivity index (χ1) is 15.3. The van der Waals surface area contributed by atoms with E-state index in [0.29, 0.717) is 16.8 Å². The number of halogens is 1. The van der Waals surface area contributed by atoms with E-state index in [4.69, 9.17) is 4.74 Å². The smallest absolute Gasteiger partial charge is 0.343 e. The highest BCUT2D eigenvalue weighted by Crippen LogP contribution is 2.23. The van der Waals surface area contributed by atoms with Gasteiger partial charge in [-0.3, -0.25) is 9.59 Å². The Morgan fingerprint density at radius 2 is 1.50 bits per heavy atom. The van der Waals surface area contributed by atoms with Crippen molar-refractivity contribution in [3.63, 3.8) is 0 Å². The van der Waals surface area contributed by atoms with Gasteiger partial charge in [-0.25, -0.2) is 10.2 Å². The van der Waals surface area contributed by atoms with Crippen LogP contribution in [0.1, 0.15) is 27.0 Å². The SMILES string of the molecule is Cc1ccc(NC(=O)C(=O)N/N=C/c2cc(Br)ccc2OC(=O)c2ccc(C)cc2)cc1. The average molecular weight is 494 g/mol. The molecule has 0 aliphatic heterocycles. The monoisotopic (exact) mass is 493 g/mol. The molecule has 0 aromatic heterocycles. The molecular weight excluding hydrogens is 474 g/mol. The fourth-order valence-corrected chi connectivity index (χ4v) is 2.98. The zero-order valence-electron chi connectivity index (χ0n) is 17.4. The van der Waals surface area contributed by atoms with E-state index in [1.54, 1.807) is 42.5 Å². The predicted molar refractivity (Wildman–Crippen MR) is 126 cm³/mol. The Morgan fingerprint density at radius 1 is 0.875 bits per heavy atom. The molecule has 0 radical (unpaired) electrons. The van der Waals surface area contributed by atoms with Crippen LogP contribution < -0.4 is 15.5 Å². The predicted octanol–water partition coefficient (Wildman–Crippen LogP) is 4.37. The largest absolute Gasteiger partial charge is 0.422 e. The van der Waals surface area contributed by atoms with Gasteiger partial charge < -0.3 is 10.1 Å². The van der Waals surface area contributed by atoms with Crippen molar-refractivity contribution in [3.05, 3.63) is 93.5 Å². The molecule has 3 rings (SSSR count). The van der Waals surface area contributed by atoms with Crippen molar-refractivity contribution in [3.8, 4) is 5.75 Å². The second-order valence-electron chi connectivity index (χ2n) is 6.96. The molecule has 3 aromatic carbocycles. The number of carbonyl (C=O) groups excluding carboxylic acids is 3. The molecule has 0 saturated carbocycles. The molecule has 0 bridgehead atoms. The fraction of sp³-hybridized carbons (Fsp3) is 0.0833. The Kier molecular flexibility index (Phi) is 7.51. The minimum Gasteiger partial charge on any atom is -0.422 e. The number of ether oxygens (including phenoxy) is 1. The fourth-order valence-electron chi connectivity index (χ4n) is 2.60. The molecular formula is C24H20BrN3O4. The van der Waals surface area contributed by atoms with Crippen LogP contribution in [0.2, 0.25) is 0 Å². The summed E-state index contributed by atoms with van der Waals surface area (Å²) in [4.78, 5) is 36.5. The van der Waals surface area contributed by atoms with Crippen molar-refractivity contribution in [1.29, 1.82) is 0 Å². The lowest BCUT2D eigenvalue weighted by atomic mass is 10.1. The Labute approximate surface area is 193 Å². The van der Waals surface area contributed by atoms with Crippen molar-refractivity contribution in [2.24, 2.45) is 5.10 Å². The quantitative estimate of drug-likeness (QED) is 0.181. The second-order valence-corrected chi connectivity index (χ2v) is 7.87. The van der Waals surface area contributed by atoms with Gasteiger partial charge in [-0.2, -0.15) is 5.10 Å². The molecule has 0 spiro atoms. The second kappa shape index (κ2) is 10.5. The maximum absolute atomic E-state index is 12.4. The van der Waals surface area contributed by atoms with E-state index < -0.39 is 17.8 Å². The van der Waals surface area contributed by atoms with Crippen LogP contribution in [0, 0.1) is 13.8 Å². The Hall–Kier alpha value is -3.78. The van der Waals surface area contributed by atoms with Crippen molar-refractivity contribution in [2.45, 2.75) is 13.8 Å². The standard InChI is InChI=1S/C24H20BrN3O4/c1-15-3-7-17(8-4-15)24(31)32-21-12-9-19(25)13-18(21)14-26-28-23(30)22(29)27-20-10-5-16(2)6-11-20/h3-14H,1-2H3,(H,27,29)(H,28,30)/b26-14+. The first-order valence-corrected chi connectivity index (χ1v) is 10.4. The highest BCUT2D eigenvalue weighted by Gasteiger charge is 2.14. The molecule has 0 atom stereocenters. The highest BCUT2D eigenvalue weighted by atomic mass is 79.9. The number of amides is 2. The Morgan fingerprint density at radius 3 is 2.16 bits per heavy atom. The molecule has 0 fully saturated rings. The summed E-state index contributed by atoms with van der Waals surface area (Å²) in [5.41, 5.74) is 5.56. The summed E-state index contributed by atoms with van der Waals surface area (Å²) >= 11 is 3.35. The number of aryl methyl sites for hydroxylation is 2. The number of nitrogens with one attached hydrogen (secondary N) is 2. The van der Waals surface area contributed by atoms with E-state index in [-0.39, 0.29) is 5.75 Å². The number of anilines is 1. The lowest BCUT2D eigenvalue weighted by Gasteiger charge is -2.08. The van der Waals surface area contributed by atoms with E-state index >= 15 is 0 Å². The maximum Gasteiger partial charge on any atom is 0.343 e. The van der Waals surface area contributed by atoms with Gasteiger partial charge in [-0.15, -0.1) is 0 Å². The van der Waals surface area contributed by atoms with Gasteiger partial charge in [0.05, 0.1) is 11.8 Å². The highest BCUT2D eigenvalue weighted by molar-refractivity contribution is 9.10. The van der Waals surface area contributed by atoms with Crippen molar-refractivity contribution < 1.29 is 19.1 Å². The molecule has 0 unspecified atom stereocenters. The summed E-state index contributed by atoms with van der Waals surface area (Å²) < 4.78 is 6.20. The minimum absolute atomic E-state index is 0.251. The van der Waals surface area contributed by atoms with Gasteiger partial charge in [0, 0.05) is 15.7 Å². The van der Waals surface area contributed by atoms with Gasteiger partial charge in [0.2, 0.25) is 0 Å². The molecule has 3 aromatic rings. The Bertz CT molecular complexity index is 1170. The molecule has 162 valence electrons. The number of nitrogens with zero attached hydrogens (tertiary/aromatic N) is 1. The first kappa shape index (κ1) is 22.9. The molecule has 2 amide bonds. The number of esters is 1. The van der Waals surface area contributed by atoms with Gasteiger partial charge in [-0.05, 0) is 56.3 Å². The number of rotatable bonds is 5. The van der Waals surface area contributed by atoms with E-state index in [0.717, 1.165) is 15.6 Å². The molecule has 7 nitrogen and oxygen atoms in total. The summed E-state index contributed by atoms with van der Waals surface area (Å²) in [7, 11) is 0. The van der Waals surface area contributed by atoms with Gasteiger partial charge in [0.1, 0.15) is 5.75 Å². The third-order valence-electron chi connectivity index (χ3n) is 4.35. The van der Waals surface area contributed by atoms with E-state index in [1.165, 1.54) is 6.21 Å². The normalized spacial score (nSPS) is 10.6. The van der Waals surface area contributed by atoms with Crippen molar-refractivity contribution in [1.82, 2.24) is 5.43 Å². The summed E-state index contributed by atoms with van der Waals surface area (Å²) in [6.07, 6.45) is 1.29. The van der Waals surface area contributed by atoms with Crippen LogP contribution in [0.15, 0.2) is 76.3 Å². The maximum atomic E-state index is 12.4. The summed E-state index contributed by atoms with van der Waals surface area (Å²) in [5, 5.41) is 6.30. The molecule has 0 aliphatic carbocycles. The lowest BCUT2D eigenvalue weighted by molar-refractivity contribution is -0.136. The van der Waals surface area contributed by atoms with Crippen molar-refractivity contribution >= 4 is 45.6 Å². The van der Waals surface area contributed by atoms with Crippen LogP contribution in [0.25, 0.3) is 0 Å². The molecule has 2 N–H and O–H groups in total. The third kappa shape index (κ3) is 6.36. The van der Waals surface area contributed by atoms with Gasteiger partial charge in [0.15, 0.2) is 0 Å². The number of carbonyl (C=O) groups is 3. The molecule has 0 saturated heterocycles. The third-order valence-corrected chi connectivity index (χ3v) is 4.84.